The molecule has 0 saturated carbocycles. The van der Waals surface area contributed by atoms with Gasteiger partial charge in [0.05, 0.1) is 11.2 Å². The monoisotopic (exact) mass is 537 g/mol. The van der Waals surface area contributed by atoms with Gasteiger partial charge in [0.2, 0.25) is 0 Å². The van der Waals surface area contributed by atoms with E-state index in [1.807, 2.05) is 11.3 Å². The number of benzene rings is 7. The van der Waals surface area contributed by atoms with Crippen LogP contribution in [0.4, 0.5) is 0 Å². The number of nitrogens with zero attached hydrogens (tertiary/aromatic N) is 1. The second-order valence-corrected chi connectivity index (χ2v) is 11.7. The minimum Gasteiger partial charge on any atom is -0.247 e. The number of pyridine rings is 1. The summed E-state index contributed by atoms with van der Waals surface area (Å²) in [5, 5.41) is 11.3. The molecule has 41 heavy (non-hydrogen) atoms. The maximum Gasteiger partial charge on any atom is 0.0794 e. The van der Waals surface area contributed by atoms with E-state index in [2.05, 4.69) is 140 Å². The Bertz CT molecular complexity index is 2450. The Labute approximate surface area is 240 Å². The van der Waals surface area contributed by atoms with E-state index in [0.29, 0.717) is 0 Å². The Morgan fingerprint density at radius 2 is 0.878 bits per heavy atom. The van der Waals surface area contributed by atoms with Crippen molar-refractivity contribution in [1.82, 2.24) is 4.98 Å². The fourth-order valence-electron chi connectivity index (χ4n) is 6.63. The van der Waals surface area contributed by atoms with E-state index < -0.39 is 0 Å². The van der Waals surface area contributed by atoms with Crippen LogP contribution in [-0.2, 0) is 0 Å². The minimum atomic E-state index is 1.00. The first-order chi connectivity index (χ1) is 20.3. The smallest absolute Gasteiger partial charge is 0.0794 e. The second-order valence-electron chi connectivity index (χ2n) is 10.7. The normalized spacial score (nSPS) is 11.9. The zero-order chi connectivity index (χ0) is 26.9. The van der Waals surface area contributed by atoms with Crippen LogP contribution in [0.3, 0.4) is 0 Å². The van der Waals surface area contributed by atoms with Crippen molar-refractivity contribution in [2.75, 3.05) is 0 Å². The fraction of sp³-hybridized carbons (Fsp3) is 0. The molecule has 9 rings (SSSR count). The van der Waals surface area contributed by atoms with Crippen molar-refractivity contribution in [3.63, 3.8) is 0 Å². The third-order valence-corrected chi connectivity index (χ3v) is 9.70. The predicted molar refractivity (Wildman–Crippen MR) is 178 cm³/mol. The van der Waals surface area contributed by atoms with Crippen LogP contribution in [0.15, 0.2) is 140 Å². The fourth-order valence-corrected chi connectivity index (χ4v) is 7.86. The summed E-state index contributed by atoms with van der Waals surface area (Å²) in [5.41, 5.74) is 5.77. The van der Waals surface area contributed by atoms with E-state index in [1.165, 1.54) is 69.0 Å². The number of hydrogen-bond donors (Lipinski definition) is 0. The molecule has 2 heteroatoms. The summed E-state index contributed by atoms with van der Waals surface area (Å²) in [6.45, 7) is 0. The standard InChI is InChI=1S/C39H23NS/c1-3-12-26-24(10-1)29(34-17-9-18-35-31-15-7-8-19-37(31)41-39(34)35)20-21-30(26)36-23-22-33-28-14-4-2-11-25(28)27-13-5-6-16-32(27)38(33)40-36/h1-23H. The van der Waals surface area contributed by atoms with E-state index in [0.717, 1.165) is 16.8 Å². The minimum absolute atomic E-state index is 1.00. The highest BCUT2D eigenvalue weighted by Crippen LogP contribution is 2.43. The van der Waals surface area contributed by atoms with Gasteiger partial charge in [0, 0.05) is 42.1 Å². The average Bonchev–Trinajstić information content (AvgIpc) is 3.43. The molecule has 190 valence electrons. The highest BCUT2D eigenvalue weighted by Gasteiger charge is 2.16. The van der Waals surface area contributed by atoms with Crippen molar-refractivity contribution >= 4 is 74.7 Å². The Morgan fingerprint density at radius 3 is 1.63 bits per heavy atom. The molecule has 0 saturated heterocycles. The van der Waals surface area contributed by atoms with Crippen molar-refractivity contribution in [2.24, 2.45) is 0 Å². The van der Waals surface area contributed by atoms with E-state index >= 15 is 0 Å². The van der Waals surface area contributed by atoms with Gasteiger partial charge in [0.1, 0.15) is 0 Å². The molecule has 0 bridgehead atoms. The van der Waals surface area contributed by atoms with E-state index in [-0.39, 0.29) is 0 Å². The summed E-state index contributed by atoms with van der Waals surface area (Å²) in [6, 6.07) is 50.5. The topological polar surface area (TPSA) is 12.9 Å². The zero-order valence-corrected chi connectivity index (χ0v) is 23.0. The molecule has 7 aromatic carbocycles. The van der Waals surface area contributed by atoms with Crippen molar-refractivity contribution in [1.29, 1.82) is 0 Å². The summed E-state index contributed by atoms with van der Waals surface area (Å²) in [6.07, 6.45) is 0. The number of hydrogen-bond acceptors (Lipinski definition) is 2. The van der Waals surface area contributed by atoms with Crippen LogP contribution in [0, 0.1) is 0 Å². The van der Waals surface area contributed by atoms with E-state index in [4.69, 9.17) is 4.98 Å². The number of fused-ring (bicyclic) bond motifs is 10. The Balaban J connectivity index is 1.31. The van der Waals surface area contributed by atoms with Gasteiger partial charge in [-0.15, -0.1) is 11.3 Å². The van der Waals surface area contributed by atoms with Crippen molar-refractivity contribution in [2.45, 2.75) is 0 Å². The van der Waals surface area contributed by atoms with Gasteiger partial charge in [-0.1, -0.05) is 121 Å². The molecule has 0 aliphatic rings. The Kier molecular flexibility index (Phi) is 4.84. The average molecular weight is 538 g/mol. The van der Waals surface area contributed by atoms with Gasteiger partial charge >= 0.3 is 0 Å². The van der Waals surface area contributed by atoms with Crippen LogP contribution in [0.1, 0.15) is 0 Å². The highest BCUT2D eigenvalue weighted by molar-refractivity contribution is 7.26. The second kappa shape index (κ2) is 8.72. The lowest BCUT2D eigenvalue weighted by molar-refractivity contribution is 1.42. The third kappa shape index (κ3) is 3.32. The summed E-state index contributed by atoms with van der Waals surface area (Å²) >= 11 is 1.88. The molecule has 2 heterocycles. The molecule has 1 nitrogen and oxygen atoms in total. The number of thiophene rings is 1. The van der Waals surface area contributed by atoms with Crippen LogP contribution < -0.4 is 0 Å². The maximum atomic E-state index is 5.36. The maximum absolute atomic E-state index is 5.36. The lowest BCUT2D eigenvalue weighted by Crippen LogP contribution is -1.91. The molecular weight excluding hydrogens is 515 g/mol. The molecule has 9 aromatic rings. The van der Waals surface area contributed by atoms with Crippen LogP contribution in [-0.4, -0.2) is 4.98 Å². The molecule has 0 spiro atoms. The lowest BCUT2D eigenvalue weighted by atomic mass is 9.92. The van der Waals surface area contributed by atoms with Crippen LogP contribution >= 0.6 is 11.3 Å². The van der Waals surface area contributed by atoms with E-state index in [1.54, 1.807) is 0 Å². The van der Waals surface area contributed by atoms with Gasteiger partial charge in [-0.2, -0.15) is 0 Å². The van der Waals surface area contributed by atoms with Gasteiger partial charge in [-0.25, -0.2) is 4.98 Å². The van der Waals surface area contributed by atoms with Crippen molar-refractivity contribution in [3.8, 4) is 22.4 Å². The molecule has 0 radical (unpaired) electrons. The van der Waals surface area contributed by atoms with Gasteiger partial charge in [0.25, 0.3) is 0 Å². The lowest BCUT2D eigenvalue weighted by Gasteiger charge is -2.14. The number of rotatable bonds is 2. The highest BCUT2D eigenvalue weighted by atomic mass is 32.1. The molecule has 0 aliphatic heterocycles. The van der Waals surface area contributed by atoms with Crippen LogP contribution in [0.2, 0.25) is 0 Å². The number of aromatic nitrogens is 1. The first kappa shape index (κ1) is 22.7. The molecule has 0 amide bonds. The third-order valence-electron chi connectivity index (χ3n) is 8.48. The van der Waals surface area contributed by atoms with Gasteiger partial charge in [-0.05, 0) is 50.7 Å². The first-order valence-corrected chi connectivity index (χ1v) is 14.8. The van der Waals surface area contributed by atoms with Crippen LogP contribution in [0.25, 0.3) is 85.8 Å². The van der Waals surface area contributed by atoms with E-state index in [9.17, 15) is 0 Å². The summed E-state index contributed by atoms with van der Waals surface area (Å²) in [7, 11) is 0. The van der Waals surface area contributed by atoms with Gasteiger partial charge < -0.3 is 0 Å². The summed E-state index contributed by atoms with van der Waals surface area (Å²) in [4.78, 5) is 5.36. The first-order valence-electron chi connectivity index (χ1n) is 14.0. The molecular formula is C39H23NS. The molecule has 0 aliphatic carbocycles. The molecule has 2 aromatic heterocycles. The van der Waals surface area contributed by atoms with Gasteiger partial charge in [0.15, 0.2) is 0 Å². The molecule has 0 atom stereocenters. The summed E-state index contributed by atoms with van der Waals surface area (Å²) < 4.78 is 2.67. The predicted octanol–water partition coefficient (Wildman–Crippen LogP) is 11.4. The van der Waals surface area contributed by atoms with Crippen molar-refractivity contribution in [3.05, 3.63) is 140 Å². The van der Waals surface area contributed by atoms with Crippen LogP contribution in [0.5, 0.6) is 0 Å². The Morgan fingerprint density at radius 1 is 0.341 bits per heavy atom. The largest absolute Gasteiger partial charge is 0.247 e. The molecule has 0 N–H and O–H groups in total. The molecule has 0 fully saturated rings. The quantitative estimate of drug-likeness (QED) is 0.200. The van der Waals surface area contributed by atoms with Crippen molar-refractivity contribution < 1.29 is 0 Å². The Hall–Kier alpha value is -5.05. The molecule has 0 unspecified atom stereocenters. The van der Waals surface area contributed by atoms with Gasteiger partial charge in [-0.3, -0.25) is 0 Å². The zero-order valence-electron chi connectivity index (χ0n) is 22.1. The summed E-state index contributed by atoms with van der Waals surface area (Å²) in [5.74, 6) is 0. The SMILES string of the molecule is c1ccc2c(c1)sc1c(-c3ccc(-c4ccc5c6ccccc6c6ccccc6c5n4)c4ccccc34)cccc12.